The van der Waals surface area contributed by atoms with Gasteiger partial charge in [0.15, 0.2) is 0 Å². The van der Waals surface area contributed by atoms with E-state index in [-0.39, 0.29) is 23.3 Å². The molecule has 118 valence electrons. The van der Waals surface area contributed by atoms with Crippen molar-refractivity contribution in [1.29, 1.82) is 0 Å². The number of rotatable bonds is 6. The lowest BCUT2D eigenvalue weighted by atomic mass is 10.0. The highest BCUT2D eigenvalue weighted by Gasteiger charge is 2.17. The van der Waals surface area contributed by atoms with Crippen molar-refractivity contribution in [3.05, 3.63) is 24.3 Å². The lowest BCUT2D eigenvalue weighted by molar-refractivity contribution is -0.117. The molecule has 0 aliphatic carbocycles. The summed E-state index contributed by atoms with van der Waals surface area (Å²) in [5.74, 6) is -0.210. The van der Waals surface area contributed by atoms with E-state index in [4.69, 9.17) is 5.73 Å². The third-order valence-electron chi connectivity index (χ3n) is 2.46. The minimum absolute atomic E-state index is 0.161. The standard InChI is InChI=1S/C14H23N3O3S/c1-10(2)17-21(19,20)12-7-5-11(6-8-12)16-13(18)9-14(3,4)15/h5-8,10,17H,9,15H2,1-4H3,(H,16,18). The topological polar surface area (TPSA) is 101 Å². The van der Waals surface area contributed by atoms with Crippen molar-refractivity contribution in [3.63, 3.8) is 0 Å². The summed E-state index contributed by atoms with van der Waals surface area (Å²) in [4.78, 5) is 11.9. The molecule has 0 heterocycles. The lowest BCUT2D eigenvalue weighted by Gasteiger charge is -2.17. The van der Waals surface area contributed by atoms with E-state index in [1.807, 2.05) is 0 Å². The predicted octanol–water partition coefficient (Wildman–Crippen LogP) is 1.44. The van der Waals surface area contributed by atoms with E-state index in [9.17, 15) is 13.2 Å². The molecule has 0 radical (unpaired) electrons. The van der Waals surface area contributed by atoms with Crippen molar-refractivity contribution in [1.82, 2.24) is 4.72 Å². The van der Waals surface area contributed by atoms with Crippen LogP contribution in [0.1, 0.15) is 34.1 Å². The molecule has 0 spiro atoms. The van der Waals surface area contributed by atoms with Crippen LogP contribution in [0.2, 0.25) is 0 Å². The van der Waals surface area contributed by atoms with Gasteiger partial charge in [-0.05, 0) is 52.0 Å². The molecule has 0 aliphatic heterocycles. The Balaban J connectivity index is 2.77. The van der Waals surface area contributed by atoms with Crippen LogP contribution in [0.15, 0.2) is 29.2 Å². The van der Waals surface area contributed by atoms with Gasteiger partial charge < -0.3 is 11.1 Å². The van der Waals surface area contributed by atoms with E-state index in [1.54, 1.807) is 39.8 Å². The van der Waals surface area contributed by atoms with Crippen LogP contribution in [0.5, 0.6) is 0 Å². The fraction of sp³-hybridized carbons (Fsp3) is 0.500. The largest absolute Gasteiger partial charge is 0.326 e. The zero-order chi connectivity index (χ0) is 16.3. The van der Waals surface area contributed by atoms with Crippen molar-refractivity contribution >= 4 is 21.6 Å². The Morgan fingerprint density at radius 2 is 1.76 bits per heavy atom. The quantitative estimate of drug-likeness (QED) is 0.739. The zero-order valence-corrected chi connectivity index (χ0v) is 13.6. The highest BCUT2D eigenvalue weighted by molar-refractivity contribution is 7.89. The lowest BCUT2D eigenvalue weighted by Crippen LogP contribution is -2.36. The smallest absolute Gasteiger partial charge is 0.240 e. The Kier molecular flexibility index (Phi) is 5.49. The van der Waals surface area contributed by atoms with Gasteiger partial charge in [0.05, 0.1) is 4.90 Å². The second-order valence-electron chi connectivity index (χ2n) is 6.01. The van der Waals surface area contributed by atoms with E-state index in [2.05, 4.69) is 10.0 Å². The average molecular weight is 313 g/mol. The minimum Gasteiger partial charge on any atom is -0.326 e. The van der Waals surface area contributed by atoms with Gasteiger partial charge in [-0.2, -0.15) is 0 Å². The first kappa shape index (κ1) is 17.6. The maximum absolute atomic E-state index is 11.9. The molecule has 0 atom stereocenters. The van der Waals surface area contributed by atoms with E-state index < -0.39 is 15.6 Å². The van der Waals surface area contributed by atoms with Crippen molar-refractivity contribution in [2.24, 2.45) is 5.73 Å². The summed E-state index contributed by atoms with van der Waals surface area (Å²) >= 11 is 0. The Bertz CT molecular complexity index is 587. The molecule has 21 heavy (non-hydrogen) atoms. The maximum atomic E-state index is 11.9. The Morgan fingerprint density at radius 3 is 2.19 bits per heavy atom. The van der Waals surface area contributed by atoms with Crippen LogP contribution in [-0.4, -0.2) is 25.9 Å². The number of sulfonamides is 1. The number of nitrogens with two attached hydrogens (primary N) is 1. The van der Waals surface area contributed by atoms with Crippen LogP contribution < -0.4 is 15.8 Å². The third kappa shape index (κ3) is 6.24. The predicted molar refractivity (Wildman–Crippen MR) is 83.4 cm³/mol. The van der Waals surface area contributed by atoms with Crippen LogP contribution in [0.3, 0.4) is 0 Å². The summed E-state index contributed by atoms with van der Waals surface area (Å²) in [5.41, 5.74) is 5.72. The van der Waals surface area contributed by atoms with Crippen molar-refractivity contribution < 1.29 is 13.2 Å². The van der Waals surface area contributed by atoms with Crippen molar-refractivity contribution in [2.75, 3.05) is 5.32 Å². The second kappa shape index (κ2) is 6.55. The number of hydrogen-bond donors (Lipinski definition) is 3. The van der Waals surface area contributed by atoms with E-state index in [1.165, 1.54) is 12.1 Å². The van der Waals surface area contributed by atoms with Gasteiger partial charge in [0, 0.05) is 23.7 Å². The molecule has 0 unspecified atom stereocenters. The SMILES string of the molecule is CC(C)NS(=O)(=O)c1ccc(NC(=O)CC(C)(C)N)cc1. The number of amides is 1. The first-order valence-corrected chi connectivity index (χ1v) is 8.19. The molecular weight excluding hydrogens is 290 g/mol. The Labute approximate surface area is 126 Å². The fourth-order valence-corrected chi connectivity index (χ4v) is 2.97. The first-order valence-electron chi connectivity index (χ1n) is 6.71. The molecule has 0 bridgehead atoms. The summed E-state index contributed by atoms with van der Waals surface area (Å²) in [6, 6.07) is 5.83. The number of carbonyl (C=O) groups is 1. The molecule has 1 rings (SSSR count). The van der Waals surface area contributed by atoms with Crippen LogP contribution in [0, 0.1) is 0 Å². The van der Waals surface area contributed by atoms with Crippen LogP contribution in [-0.2, 0) is 14.8 Å². The summed E-state index contributed by atoms with van der Waals surface area (Å²) in [6.07, 6.45) is 0.182. The molecule has 0 saturated carbocycles. The maximum Gasteiger partial charge on any atom is 0.240 e. The Morgan fingerprint density at radius 1 is 1.24 bits per heavy atom. The molecule has 0 fully saturated rings. The van der Waals surface area contributed by atoms with Gasteiger partial charge in [0.2, 0.25) is 15.9 Å². The number of carbonyl (C=O) groups excluding carboxylic acids is 1. The minimum atomic E-state index is -3.52. The highest BCUT2D eigenvalue weighted by Crippen LogP contribution is 2.15. The van der Waals surface area contributed by atoms with Crippen LogP contribution in [0.4, 0.5) is 5.69 Å². The number of anilines is 1. The summed E-state index contributed by atoms with van der Waals surface area (Å²) in [6.45, 7) is 7.03. The highest BCUT2D eigenvalue weighted by atomic mass is 32.2. The Hall–Kier alpha value is -1.44. The molecule has 0 aromatic heterocycles. The zero-order valence-electron chi connectivity index (χ0n) is 12.8. The second-order valence-corrected chi connectivity index (χ2v) is 7.73. The van der Waals surface area contributed by atoms with Gasteiger partial charge in [-0.3, -0.25) is 4.79 Å². The molecule has 1 aromatic rings. The van der Waals surface area contributed by atoms with Crippen LogP contribution in [0.25, 0.3) is 0 Å². The number of nitrogens with one attached hydrogen (secondary N) is 2. The molecule has 6 nitrogen and oxygen atoms in total. The number of benzene rings is 1. The van der Waals surface area contributed by atoms with E-state index in [0.29, 0.717) is 5.69 Å². The molecule has 1 amide bonds. The van der Waals surface area contributed by atoms with Crippen molar-refractivity contribution in [3.8, 4) is 0 Å². The fourth-order valence-electron chi connectivity index (χ4n) is 1.71. The van der Waals surface area contributed by atoms with Gasteiger partial charge >= 0.3 is 0 Å². The van der Waals surface area contributed by atoms with Gasteiger partial charge in [0.25, 0.3) is 0 Å². The van der Waals surface area contributed by atoms with Crippen LogP contribution >= 0.6 is 0 Å². The molecule has 0 saturated heterocycles. The summed E-state index contributed by atoms with van der Waals surface area (Å²) in [5, 5.41) is 2.68. The first-order chi connectivity index (χ1) is 9.49. The molecular formula is C14H23N3O3S. The third-order valence-corrected chi connectivity index (χ3v) is 4.13. The molecule has 7 heteroatoms. The van der Waals surface area contributed by atoms with Gasteiger partial charge in [0.1, 0.15) is 0 Å². The van der Waals surface area contributed by atoms with Gasteiger partial charge in [-0.15, -0.1) is 0 Å². The van der Waals surface area contributed by atoms with Gasteiger partial charge in [-0.1, -0.05) is 0 Å². The van der Waals surface area contributed by atoms with Gasteiger partial charge in [-0.25, -0.2) is 13.1 Å². The average Bonchev–Trinajstić information content (AvgIpc) is 2.24. The molecule has 1 aromatic carbocycles. The van der Waals surface area contributed by atoms with E-state index >= 15 is 0 Å². The van der Waals surface area contributed by atoms with E-state index in [0.717, 1.165) is 0 Å². The monoisotopic (exact) mass is 313 g/mol. The molecule has 0 aliphatic rings. The summed E-state index contributed by atoms with van der Waals surface area (Å²) in [7, 11) is -3.52. The normalized spacial score (nSPS) is 12.5. The summed E-state index contributed by atoms with van der Waals surface area (Å²) < 4.78 is 26.4. The molecule has 4 N–H and O–H groups in total. The number of hydrogen-bond acceptors (Lipinski definition) is 4. The van der Waals surface area contributed by atoms with Crippen molar-refractivity contribution in [2.45, 2.75) is 50.6 Å².